The maximum Gasteiger partial charge on any atom is 0.241 e. The molecule has 2 N–H and O–H groups in total. The first-order valence-corrected chi connectivity index (χ1v) is 9.67. The van der Waals surface area contributed by atoms with E-state index in [1.807, 2.05) is 13.8 Å². The van der Waals surface area contributed by atoms with Crippen molar-refractivity contribution in [2.45, 2.75) is 53.0 Å². The molecule has 0 bridgehead atoms. The molecule has 0 fully saturated rings. The summed E-state index contributed by atoms with van der Waals surface area (Å²) in [6.45, 7) is 14.4. The van der Waals surface area contributed by atoms with Gasteiger partial charge in [-0.05, 0) is 30.9 Å². The van der Waals surface area contributed by atoms with E-state index in [1.54, 1.807) is 6.07 Å². The molecule has 21 heavy (non-hydrogen) atoms. The van der Waals surface area contributed by atoms with Gasteiger partial charge in [0.15, 0.2) is 0 Å². The minimum absolute atomic E-state index is 0.0857. The van der Waals surface area contributed by atoms with Crippen molar-refractivity contribution in [2.24, 2.45) is 11.3 Å². The zero-order valence-corrected chi connectivity index (χ0v) is 15.5. The van der Waals surface area contributed by atoms with Gasteiger partial charge in [0.1, 0.15) is 0 Å². The van der Waals surface area contributed by atoms with Gasteiger partial charge in [0.25, 0.3) is 0 Å². The fourth-order valence-corrected chi connectivity index (χ4v) is 4.48. The fraction of sp³-hybridized carbons (Fsp3) is 0.733. The van der Waals surface area contributed by atoms with E-state index in [0.29, 0.717) is 11.4 Å². The first-order chi connectivity index (χ1) is 9.58. The van der Waals surface area contributed by atoms with E-state index >= 15 is 0 Å². The summed E-state index contributed by atoms with van der Waals surface area (Å²) in [5.41, 5.74) is 0.0857. The van der Waals surface area contributed by atoms with Crippen molar-refractivity contribution in [3.63, 3.8) is 0 Å². The van der Waals surface area contributed by atoms with Crippen LogP contribution in [0.3, 0.4) is 0 Å². The highest BCUT2D eigenvalue weighted by Gasteiger charge is 2.24. The van der Waals surface area contributed by atoms with Crippen LogP contribution in [0.4, 0.5) is 0 Å². The lowest BCUT2D eigenvalue weighted by Crippen LogP contribution is -2.33. The van der Waals surface area contributed by atoms with Crippen molar-refractivity contribution in [1.29, 1.82) is 0 Å². The molecule has 0 saturated heterocycles. The highest BCUT2D eigenvalue weighted by atomic mass is 32.2. The lowest BCUT2D eigenvalue weighted by atomic mass is 9.82. The molecule has 1 unspecified atom stereocenters. The number of hydrogen-bond acceptors (Lipinski definition) is 4. The van der Waals surface area contributed by atoms with Crippen molar-refractivity contribution in [2.75, 3.05) is 13.1 Å². The van der Waals surface area contributed by atoms with Gasteiger partial charge in [0.05, 0.1) is 4.90 Å². The van der Waals surface area contributed by atoms with E-state index < -0.39 is 10.0 Å². The Morgan fingerprint density at radius 2 is 1.95 bits per heavy atom. The average Bonchev–Trinajstić information content (AvgIpc) is 2.74. The van der Waals surface area contributed by atoms with E-state index in [2.05, 4.69) is 37.7 Å². The van der Waals surface area contributed by atoms with Crippen LogP contribution in [0.1, 0.15) is 44.4 Å². The summed E-state index contributed by atoms with van der Waals surface area (Å²) < 4.78 is 27.6. The molecule has 6 heteroatoms. The number of sulfonamides is 1. The summed E-state index contributed by atoms with van der Waals surface area (Å²) in [6.07, 6.45) is 0. The Morgan fingerprint density at radius 1 is 1.33 bits per heavy atom. The third kappa shape index (κ3) is 5.36. The van der Waals surface area contributed by atoms with Crippen molar-refractivity contribution in [3.8, 4) is 0 Å². The van der Waals surface area contributed by atoms with Crippen molar-refractivity contribution < 1.29 is 8.42 Å². The molecule has 0 spiro atoms. The first kappa shape index (κ1) is 18.6. The van der Waals surface area contributed by atoms with Crippen LogP contribution in [0.25, 0.3) is 0 Å². The molecule has 0 aliphatic heterocycles. The summed E-state index contributed by atoms with van der Waals surface area (Å²) in [5.74, 6) is 0.271. The molecule has 1 aromatic rings. The van der Waals surface area contributed by atoms with E-state index in [0.717, 1.165) is 22.8 Å². The summed E-state index contributed by atoms with van der Waals surface area (Å²) in [6, 6.07) is 1.78. The molecular formula is C15H28N2O2S2. The Hall–Kier alpha value is -0.430. The average molecular weight is 333 g/mol. The van der Waals surface area contributed by atoms with Crippen LogP contribution in [0, 0.1) is 18.3 Å². The molecule has 1 atom stereocenters. The van der Waals surface area contributed by atoms with Crippen LogP contribution in [0.2, 0.25) is 0 Å². The van der Waals surface area contributed by atoms with Crippen molar-refractivity contribution in [1.82, 2.24) is 10.0 Å². The molecule has 0 aliphatic carbocycles. The number of rotatable bonds is 7. The Kier molecular flexibility index (Phi) is 6.40. The number of aryl methyl sites for hydroxylation is 1. The summed E-state index contributed by atoms with van der Waals surface area (Å²) in [7, 11) is -3.42. The van der Waals surface area contributed by atoms with E-state index in [9.17, 15) is 8.42 Å². The summed E-state index contributed by atoms with van der Waals surface area (Å²) in [5, 5.41) is 3.22. The van der Waals surface area contributed by atoms with Crippen LogP contribution < -0.4 is 10.0 Å². The second kappa shape index (κ2) is 7.22. The quantitative estimate of drug-likeness (QED) is 0.806. The second-order valence-corrected chi connectivity index (χ2v) is 9.61. The number of thiophene rings is 1. The maximum atomic E-state index is 12.4. The van der Waals surface area contributed by atoms with Gasteiger partial charge in [0.2, 0.25) is 10.0 Å². The third-order valence-corrected chi connectivity index (χ3v) is 6.55. The van der Waals surface area contributed by atoms with E-state index in [-0.39, 0.29) is 11.3 Å². The molecule has 122 valence electrons. The lowest BCUT2D eigenvalue weighted by Gasteiger charge is -2.27. The van der Waals surface area contributed by atoms with Crippen LogP contribution in [-0.4, -0.2) is 21.5 Å². The third-order valence-electron chi connectivity index (χ3n) is 3.82. The smallest absolute Gasteiger partial charge is 0.241 e. The standard InChI is InChI=1S/C15H28N2O2S2/c1-7-16-10-13-8-14(12(3)20-13)21(18,19)17-9-11(2)15(4,5)6/h8,11,16-17H,7,9-10H2,1-6H3. The molecule has 0 amide bonds. The number of hydrogen-bond donors (Lipinski definition) is 2. The summed E-state index contributed by atoms with van der Waals surface area (Å²) in [4.78, 5) is 2.32. The molecule has 1 aromatic heterocycles. The van der Waals surface area contributed by atoms with Crippen molar-refractivity contribution in [3.05, 3.63) is 15.8 Å². The Balaban J connectivity index is 2.81. The zero-order chi connectivity index (χ0) is 16.3. The molecule has 0 radical (unpaired) electrons. The highest BCUT2D eigenvalue weighted by molar-refractivity contribution is 7.89. The lowest BCUT2D eigenvalue weighted by molar-refractivity contribution is 0.263. The predicted molar refractivity (Wildman–Crippen MR) is 90.2 cm³/mol. The molecule has 1 heterocycles. The molecule has 1 rings (SSSR count). The minimum Gasteiger partial charge on any atom is -0.312 e. The van der Waals surface area contributed by atoms with Gasteiger partial charge in [-0.3, -0.25) is 0 Å². The van der Waals surface area contributed by atoms with Gasteiger partial charge < -0.3 is 5.32 Å². The van der Waals surface area contributed by atoms with Crippen LogP contribution >= 0.6 is 11.3 Å². The van der Waals surface area contributed by atoms with Gasteiger partial charge in [0, 0.05) is 22.8 Å². The topological polar surface area (TPSA) is 58.2 Å². The van der Waals surface area contributed by atoms with Crippen molar-refractivity contribution >= 4 is 21.4 Å². The fourth-order valence-electron chi connectivity index (χ4n) is 1.75. The minimum atomic E-state index is -3.42. The molecule has 0 saturated carbocycles. The van der Waals surface area contributed by atoms with Crippen LogP contribution in [-0.2, 0) is 16.6 Å². The first-order valence-electron chi connectivity index (χ1n) is 7.37. The van der Waals surface area contributed by atoms with Crippen LogP contribution in [0.15, 0.2) is 11.0 Å². The normalized spacial score (nSPS) is 14.4. The zero-order valence-electron chi connectivity index (χ0n) is 13.9. The van der Waals surface area contributed by atoms with Gasteiger partial charge in [-0.2, -0.15) is 0 Å². The molecule has 0 aromatic carbocycles. The Labute approximate surface area is 133 Å². The Morgan fingerprint density at radius 3 is 2.48 bits per heavy atom. The Bertz CT molecular complexity index is 557. The van der Waals surface area contributed by atoms with E-state index in [4.69, 9.17) is 0 Å². The summed E-state index contributed by atoms with van der Waals surface area (Å²) >= 11 is 1.54. The largest absolute Gasteiger partial charge is 0.312 e. The monoisotopic (exact) mass is 332 g/mol. The van der Waals surface area contributed by atoms with Gasteiger partial charge in [-0.15, -0.1) is 11.3 Å². The van der Waals surface area contributed by atoms with E-state index in [1.165, 1.54) is 11.3 Å². The van der Waals surface area contributed by atoms with Gasteiger partial charge in [-0.25, -0.2) is 13.1 Å². The molecule has 0 aliphatic rings. The molecular weight excluding hydrogens is 304 g/mol. The second-order valence-electron chi connectivity index (χ2n) is 6.53. The molecule has 4 nitrogen and oxygen atoms in total. The SMILES string of the molecule is CCNCc1cc(S(=O)(=O)NCC(C)C(C)(C)C)c(C)s1. The maximum absolute atomic E-state index is 12.4. The predicted octanol–water partition coefficient (Wildman–Crippen LogP) is 3.13. The van der Waals surface area contributed by atoms with Gasteiger partial charge in [-0.1, -0.05) is 34.6 Å². The highest BCUT2D eigenvalue weighted by Crippen LogP contribution is 2.27. The van der Waals surface area contributed by atoms with Gasteiger partial charge >= 0.3 is 0 Å². The number of nitrogens with one attached hydrogen (secondary N) is 2. The van der Waals surface area contributed by atoms with Crippen LogP contribution in [0.5, 0.6) is 0 Å².